The first kappa shape index (κ1) is 22.1. The van der Waals surface area contributed by atoms with Crippen molar-refractivity contribution in [3.05, 3.63) is 70.7 Å². The Labute approximate surface area is 205 Å². The lowest BCUT2D eigenvalue weighted by molar-refractivity contribution is -0.0904. The van der Waals surface area contributed by atoms with E-state index >= 15 is 0 Å². The van der Waals surface area contributed by atoms with E-state index in [0.29, 0.717) is 22.9 Å². The van der Waals surface area contributed by atoms with Crippen LogP contribution in [0.4, 0.5) is 0 Å². The Kier molecular flexibility index (Phi) is 5.84. The minimum absolute atomic E-state index is 0.393. The van der Waals surface area contributed by atoms with Crippen molar-refractivity contribution < 1.29 is 0 Å². The van der Waals surface area contributed by atoms with E-state index in [0.717, 1.165) is 23.4 Å². The molecule has 2 nitrogen and oxygen atoms in total. The van der Waals surface area contributed by atoms with Gasteiger partial charge in [-0.25, -0.2) is 0 Å². The highest BCUT2D eigenvalue weighted by Crippen LogP contribution is 2.66. The van der Waals surface area contributed by atoms with Gasteiger partial charge in [-0.05, 0) is 117 Å². The highest BCUT2D eigenvalue weighted by atomic mass is 35.5. The van der Waals surface area contributed by atoms with Crippen LogP contribution in [0.3, 0.4) is 0 Å². The molecule has 0 amide bonds. The second kappa shape index (κ2) is 8.70. The SMILES string of the molecule is C[C@@H](NC1CCN(Cc2ccccc2)CC1)C12C[C@H]3C[C@@H](CC(c4ccc(Cl)cc4)(C3)C1)C2. The summed E-state index contributed by atoms with van der Waals surface area (Å²) < 4.78 is 0. The van der Waals surface area contributed by atoms with Gasteiger partial charge in [-0.15, -0.1) is 0 Å². The highest BCUT2D eigenvalue weighted by Gasteiger charge is 2.59. The van der Waals surface area contributed by atoms with Crippen molar-refractivity contribution in [2.45, 2.75) is 82.3 Å². The fourth-order valence-corrected chi connectivity index (χ4v) is 8.74. The van der Waals surface area contributed by atoms with E-state index in [4.69, 9.17) is 11.6 Å². The molecule has 4 bridgehead atoms. The molecule has 176 valence electrons. The summed E-state index contributed by atoms with van der Waals surface area (Å²) in [6.07, 6.45) is 11.1. The lowest BCUT2D eigenvalue weighted by atomic mass is 9.41. The van der Waals surface area contributed by atoms with E-state index in [2.05, 4.69) is 71.7 Å². The molecule has 7 rings (SSSR count). The van der Waals surface area contributed by atoms with Crippen molar-refractivity contribution >= 4 is 11.6 Å². The third-order valence-corrected chi connectivity index (χ3v) is 10.1. The van der Waals surface area contributed by atoms with Gasteiger partial charge < -0.3 is 5.32 Å². The molecule has 1 saturated heterocycles. The molecule has 33 heavy (non-hydrogen) atoms. The van der Waals surface area contributed by atoms with Crippen LogP contribution in [0.2, 0.25) is 5.02 Å². The monoisotopic (exact) mass is 462 g/mol. The second-order valence-corrected chi connectivity index (χ2v) is 12.5. The lowest BCUT2D eigenvalue weighted by Gasteiger charge is -2.64. The first-order valence-electron chi connectivity index (χ1n) is 13.3. The van der Waals surface area contributed by atoms with Gasteiger partial charge in [0.05, 0.1) is 0 Å². The zero-order valence-corrected chi connectivity index (χ0v) is 20.9. The molecule has 1 aliphatic heterocycles. The van der Waals surface area contributed by atoms with Gasteiger partial charge in [-0.1, -0.05) is 54.1 Å². The van der Waals surface area contributed by atoms with Gasteiger partial charge in [-0.3, -0.25) is 4.90 Å². The Morgan fingerprint density at radius 3 is 2.27 bits per heavy atom. The van der Waals surface area contributed by atoms with Crippen LogP contribution >= 0.6 is 11.6 Å². The summed E-state index contributed by atoms with van der Waals surface area (Å²) in [5.41, 5.74) is 3.87. The molecule has 5 aliphatic rings. The first-order chi connectivity index (χ1) is 16.0. The third-order valence-electron chi connectivity index (χ3n) is 9.80. The van der Waals surface area contributed by atoms with Gasteiger partial charge in [0.2, 0.25) is 0 Å². The molecule has 3 heteroatoms. The van der Waals surface area contributed by atoms with Gasteiger partial charge in [0.25, 0.3) is 0 Å². The van der Waals surface area contributed by atoms with Crippen molar-refractivity contribution in [3.63, 3.8) is 0 Å². The number of nitrogens with one attached hydrogen (secondary N) is 1. The maximum absolute atomic E-state index is 6.25. The molecule has 0 radical (unpaired) electrons. The zero-order chi connectivity index (χ0) is 22.5. The van der Waals surface area contributed by atoms with Crippen LogP contribution in [0.25, 0.3) is 0 Å². The quantitative estimate of drug-likeness (QED) is 0.506. The Bertz CT molecular complexity index is 933. The predicted molar refractivity (Wildman–Crippen MR) is 138 cm³/mol. The summed E-state index contributed by atoms with van der Waals surface area (Å²) in [5, 5.41) is 5.06. The van der Waals surface area contributed by atoms with E-state index in [1.54, 1.807) is 5.56 Å². The van der Waals surface area contributed by atoms with E-state index in [9.17, 15) is 0 Å². The normalized spacial score (nSPS) is 35.1. The fraction of sp³-hybridized carbons (Fsp3) is 0.600. The minimum Gasteiger partial charge on any atom is -0.311 e. The largest absolute Gasteiger partial charge is 0.311 e. The Morgan fingerprint density at radius 1 is 0.939 bits per heavy atom. The minimum atomic E-state index is 0.393. The average Bonchev–Trinajstić information content (AvgIpc) is 2.80. The topological polar surface area (TPSA) is 15.3 Å². The molecule has 0 aromatic heterocycles. The predicted octanol–water partition coefficient (Wildman–Crippen LogP) is 6.82. The molecule has 2 aromatic rings. The van der Waals surface area contributed by atoms with Gasteiger partial charge in [0.1, 0.15) is 0 Å². The van der Waals surface area contributed by atoms with Crippen molar-refractivity contribution in [2.24, 2.45) is 17.3 Å². The Morgan fingerprint density at radius 2 is 1.61 bits per heavy atom. The summed E-state index contributed by atoms with van der Waals surface area (Å²) >= 11 is 6.25. The Hall–Kier alpha value is -1.35. The molecule has 4 saturated carbocycles. The first-order valence-corrected chi connectivity index (χ1v) is 13.7. The smallest absolute Gasteiger partial charge is 0.0406 e. The molecule has 3 atom stereocenters. The van der Waals surface area contributed by atoms with Crippen LogP contribution < -0.4 is 5.32 Å². The summed E-state index contributed by atoms with van der Waals surface area (Å²) in [6, 6.07) is 21.1. The number of piperidine rings is 1. The average molecular weight is 463 g/mol. The molecule has 0 unspecified atom stereocenters. The van der Waals surface area contributed by atoms with Gasteiger partial charge in [0, 0.05) is 23.7 Å². The molecular weight excluding hydrogens is 424 g/mol. The summed E-state index contributed by atoms with van der Waals surface area (Å²) in [4.78, 5) is 2.64. The molecular formula is C30H39ClN2. The van der Waals surface area contributed by atoms with E-state index in [1.165, 1.54) is 70.0 Å². The third kappa shape index (κ3) is 4.28. The van der Waals surface area contributed by atoms with Gasteiger partial charge >= 0.3 is 0 Å². The lowest BCUT2D eigenvalue weighted by Crippen LogP contribution is -2.61. The van der Waals surface area contributed by atoms with Crippen LogP contribution in [0, 0.1) is 17.3 Å². The standard InChI is InChI=1S/C30H39ClN2/c1-22(32-28-11-13-33(14-12-28)20-23-5-3-2-4-6-23)29-16-24-15-25(17-29)19-30(18-24,21-29)26-7-9-27(31)10-8-26/h2-10,22,24-25,28,32H,11-21H2,1H3/t22-,24-,25-,29?,30?/m1/s1. The van der Waals surface area contributed by atoms with Crippen molar-refractivity contribution in [1.82, 2.24) is 10.2 Å². The number of rotatable bonds is 6. The number of hydrogen-bond donors (Lipinski definition) is 1. The van der Waals surface area contributed by atoms with Crippen LogP contribution in [0.1, 0.15) is 69.4 Å². The summed E-state index contributed by atoms with van der Waals surface area (Å²) in [5.74, 6) is 1.83. The maximum atomic E-state index is 6.25. The number of hydrogen-bond acceptors (Lipinski definition) is 2. The van der Waals surface area contributed by atoms with Crippen molar-refractivity contribution in [2.75, 3.05) is 13.1 Å². The number of halogens is 1. The van der Waals surface area contributed by atoms with Crippen LogP contribution in [-0.4, -0.2) is 30.1 Å². The fourth-order valence-electron chi connectivity index (χ4n) is 8.61. The molecule has 2 aromatic carbocycles. The Balaban J connectivity index is 1.12. The molecule has 0 spiro atoms. The van der Waals surface area contributed by atoms with Gasteiger partial charge in [0.15, 0.2) is 0 Å². The number of benzene rings is 2. The number of likely N-dealkylation sites (tertiary alicyclic amines) is 1. The zero-order valence-electron chi connectivity index (χ0n) is 20.1. The van der Waals surface area contributed by atoms with Gasteiger partial charge in [-0.2, -0.15) is 0 Å². The van der Waals surface area contributed by atoms with Crippen LogP contribution in [-0.2, 0) is 12.0 Å². The van der Waals surface area contributed by atoms with E-state index < -0.39 is 0 Å². The van der Waals surface area contributed by atoms with E-state index in [-0.39, 0.29) is 0 Å². The number of nitrogens with zero attached hydrogens (tertiary/aromatic N) is 1. The van der Waals surface area contributed by atoms with Crippen molar-refractivity contribution in [1.29, 1.82) is 0 Å². The second-order valence-electron chi connectivity index (χ2n) is 12.0. The highest BCUT2D eigenvalue weighted by molar-refractivity contribution is 6.30. The molecule has 4 aliphatic carbocycles. The molecule has 1 heterocycles. The molecule has 5 fully saturated rings. The summed E-state index contributed by atoms with van der Waals surface area (Å²) in [7, 11) is 0. The van der Waals surface area contributed by atoms with Crippen molar-refractivity contribution in [3.8, 4) is 0 Å². The maximum Gasteiger partial charge on any atom is 0.0406 e. The summed E-state index contributed by atoms with van der Waals surface area (Å²) in [6.45, 7) is 6.05. The van der Waals surface area contributed by atoms with Crippen LogP contribution in [0.15, 0.2) is 54.6 Å². The molecule has 1 N–H and O–H groups in total. The van der Waals surface area contributed by atoms with E-state index in [1.807, 2.05) is 0 Å². The van der Waals surface area contributed by atoms with Crippen LogP contribution in [0.5, 0.6) is 0 Å².